The molecule has 166 valence electrons. The minimum atomic E-state index is -1.58. The van der Waals surface area contributed by atoms with Gasteiger partial charge in [-0.2, -0.15) is 0 Å². The lowest BCUT2D eigenvalue weighted by Crippen LogP contribution is -2.53. The van der Waals surface area contributed by atoms with Crippen LogP contribution in [0.3, 0.4) is 0 Å². The van der Waals surface area contributed by atoms with Crippen molar-refractivity contribution in [1.82, 2.24) is 10.6 Å². The molecule has 0 spiro atoms. The van der Waals surface area contributed by atoms with E-state index in [2.05, 4.69) is 10.6 Å². The molecule has 8 nitrogen and oxygen atoms in total. The van der Waals surface area contributed by atoms with E-state index in [4.69, 9.17) is 25.8 Å². The third-order valence-corrected chi connectivity index (χ3v) is 5.93. The van der Waals surface area contributed by atoms with Gasteiger partial charge in [0.1, 0.15) is 29.8 Å². The average molecular weight is 449 g/mol. The Morgan fingerprint density at radius 1 is 1.26 bits per heavy atom. The number of halogens is 1. The normalized spacial score (nSPS) is 29.5. The zero-order chi connectivity index (χ0) is 22.0. The van der Waals surface area contributed by atoms with Crippen LogP contribution < -0.4 is 15.4 Å². The predicted octanol–water partition coefficient (Wildman–Crippen LogP) is 1.26. The second-order valence-corrected chi connectivity index (χ2v) is 8.12. The predicted molar refractivity (Wildman–Crippen MR) is 113 cm³/mol. The van der Waals surface area contributed by atoms with Gasteiger partial charge in [0, 0.05) is 22.7 Å². The number of epoxide rings is 1. The first-order valence-electron chi connectivity index (χ1n) is 9.99. The Morgan fingerprint density at radius 2 is 2.00 bits per heavy atom. The van der Waals surface area contributed by atoms with Crippen molar-refractivity contribution in [2.24, 2.45) is 0 Å². The number of carbonyl (C=O) groups is 1. The van der Waals surface area contributed by atoms with Crippen molar-refractivity contribution in [3.8, 4) is 5.75 Å². The van der Waals surface area contributed by atoms with E-state index in [9.17, 15) is 15.0 Å². The maximum Gasteiger partial charge on any atom is 0.251 e. The highest BCUT2D eigenvalue weighted by Crippen LogP contribution is 2.40. The van der Waals surface area contributed by atoms with Crippen LogP contribution >= 0.6 is 11.6 Å². The van der Waals surface area contributed by atoms with Crippen molar-refractivity contribution in [3.63, 3.8) is 0 Å². The number of rotatable bonds is 8. The summed E-state index contributed by atoms with van der Waals surface area (Å²) in [5, 5.41) is 27.8. The number of ether oxygens (including phenoxy) is 3. The zero-order valence-corrected chi connectivity index (χ0v) is 17.7. The SMILES string of the molecule is COc1ccc(C(=O)NC[C@]2(O)CO[C@H](CNC3OC3c3ccccc3Cl)[C@H]2O)cc1. The van der Waals surface area contributed by atoms with Gasteiger partial charge in [-0.3, -0.25) is 10.1 Å². The minimum absolute atomic E-state index is 0.0944. The van der Waals surface area contributed by atoms with Crippen LogP contribution in [0.2, 0.25) is 5.02 Å². The number of carbonyl (C=O) groups excluding carboxylic acids is 1. The summed E-state index contributed by atoms with van der Waals surface area (Å²) in [6.45, 7) is 0.0437. The van der Waals surface area contributed by atoms with Crippen LogP contribution in [0.4, 0.5) is 0 Å². The zero-order valence-electron chi connectivity index (χ0n) is 17.0. The molecular formula is C22H25ClN2O6. The van der Waals surface area contributed by atoms with E-state index in [0.29, 0.717) is 16.3 Å². The molecule has 2 fully saturated rings. The lowest BCUT2D eigenvalue weighted by atomic mass is 9.96. The molecule has 9 heteroatoms. The van der Waals surface area contributed by atoms with E-state index in [1.807, 2.05) is 18.2 Å². The van der Waals surface area contributed by atoms with Crippen LogP contribution in [0.15, 0.2) is 48.5 Å². The van der Waals surface area contributed by atoms with Gasteiger partial charge in [-0.05, 0) is 30.3 Å². The number of nitrogens with one attached hydrogen (secondary N) is 2. The smallest absolute Gasteiger partial charge is 0.251 e. The second kappa shape index (κ2) is 9.12. The molecule has 2 unspecified atom stereocenters. The quantitative estimate of drug-likeness (QED) is 0.450. The molecule has 0 radical (unpaired) electrons. The summed E-state index contributed by atoms with van der Waals surface area (Å²) in [7, 11) is 1.55. The van der Waals surface area contributed by atoms with Crippen molar-refractivity contribution in [1.29, 1.82) is 0 Å². The molecular weight excluding hydrogens is 424 g/mol. The molecule has 1 amide bonds. The van der Waals surface area contributed by atoms with Gasteiger partial charge in [-0.25, -0.2) is 0 Å². The number of hydrogen-bond acceptors (Lipinski definition) is 7. The fourth-order valence-electron chi connectivity index (χ4n) is 3.62. The monoisotopic (exact) mass is 448 g/mol. The molecule has 2 heterocycles. The van der Waals surface area contributed by atoms with Gasteiger partial charge in [0.15, 0.2) is 0 Å². The van der Waals surface area contributed by atoms with E-state index in [0.717, 1.165) is 5.56 Å². The van der Waals surface area contributed by atoms with Crippen molar-refractivity contribution in [2.75, 3.05) is 26.8 Å². The van der Waals surface area contributed by atoms with Crippen LogP contribution in [-0.4, -0.2) is 67.0 Å². The summed E-state index contributed by atoms with van der Waals surface area (Å²) in [6, 6.07) is 14.1. The molecule has 0 aliphatic carbocycles. The number of hydrogen-bond donors (Lipinski definition) is 4. The highest BCUT2D eigenvalue weighted by atomic mass is 35.5. The molecule has 0 bridgehead atoms. The third kappa shape index (κ3) is 4.85. The molecule has 2 aromatic carbocycles. The van der Waals surface area contributed by atoms with Gasteiger partial charge in [0.25, 0.3) is 5.91 Å². The first kappa shape index (κ1) is 22.0. The Kier molecular flexibility index (Phi) is 6.47. The van der Waals surface area contributed by atoms with Gasteiger partial charge in [0.05, 0.1) is 26.4 Å². The van der Waals surface area contributed by atoms with Crippen molar-refractivity contribution in [2.45, 2.75) is 30.1 Å². The summed E-state index contributed by atoms with van der Waals surface area (Å²) < 4.78 is 16.3. The lowest BCUT2D eigenvalue weighted by molar-refractivity contribution is -0.0467. The summed E-state index contributed by atoms with van der Waals surface area (Å²) >= 11 is 6.19. The van der Waals surface area contributed by atoms with Gasteiger partial charge in [0.2, 0.25) is 0 Å². The summed E-state index contributed by atoms with van der Waals surface area (Å²) in [4.78, 5) is 12.3. The molecule has 0 saturated carbocycles. The van der Waals surface area contributed by atoms with Crippen molar-refractivity contribution < 1.29 is 29.2 Å². The molecule has 4 rings (SSSR count). The molecule has 31 heavy (non-hydrogen) atoms. The van der Waals surface area contributed by atoms with E-state index >= 15 is 0 Å². The molecule has 2 aliphatic heterocycles. The maximum atomic E-state index is 12.3. The van der Waals surface area contributed by atoms with E-state index in [1.54, 1.807) is 37.4 Å². The number of aliphatic hydroxyl groups excluding tert-OH is 1. The van der Waals surface area contributed by atoms with Crippen molar-refractivity contribution >= 4 is 17.5 Å². The molecule has 2 aromatic rings. The topological polar surface area (TPSA) is 113 Å². The summed E-state index contributed by atoms with van der Waals surface area (Å²) in [5.41, 5.74) is -0.263. The van der Waals surface area contributed by atoms with Crippen LogP contribution in [0.1, 0.15) is 22.0 Å². The van der Waals surface area contributed by atoms with Crippen LogP contribution in [0, 0.1) is 0 Å². The summed E-state index contributed by atoms with van der Waals surface area (Å²) in [6.07, 6.45) is -2.21. The highest BCUT2D eigenvalue weighted by Gasteiger charge is 2.49. The standard InChI is InChI=1S/C22H25ClN2O6/c1-29-14-8-6-13(7-9-14)20(27)25-11-22(28)12-30-17(19(22)26)10-24-21-18(31-21)15-4-2-3-5-16(15)23/h2-9,17-19,21,24,26,28H,10-12H2,1H3,(H,25,27)/t17-,18?,19-,21?,22+/m1/s1. The fourth-order valence-corrected chi connectivity index (χ4v) is 3.86. The second-order valence-electron chi connectivity index (χ2n) is 7.72. The number of benzene rings is 2. The van der Waals surface area contributed by atoms with Gasteiger partial charge >= 0.3 is 0 Å². The maximum absolute atomic E-state index is 12.3. The Balaban J connectivity index is 1.25. The van der Waals surface area contributed by atoms with Crippen molar-refractivity contribution in [3.05, 3.63) is 64.7 Å². The van der Waals surface area contributed by atoms with Crippen LogP contribution in [-0.2, 0) is 9.47 Å². The number of methoxy groups -OCH3 is 1. The van der Waals surface area contributed by atoms with Crippen LogP contribution in [0.5, 0.6) is 5.75 Å². The highest BCUT2D eigenvalue weighted by molar-refractivity contribution is 6.31. The van der Waals surface area contributed by atoms with E-state index in [1.165, 1.54) is 0 Å². The van der Waals surface area contributed by atoms with Crippen LogP contribution in [0.25, 0.3) is 0 Å². The fraction of sp³-hybridized carbons (Fsp3) is 0.409. The minimum Gasteiger partial charge on any atom is -0.497 e. The third-order valence-electron chi connectivity index (χ3n) is 5.58. The molecule has 2 saturated heterocycles. The molecule has 0 aromatic heterocycles. The van der Waals surface area contributed by atoms with Gasteiger partial charge < -0.3 is 29.7 Å². The Morgan fingerprint density at radius 3 is 2.71 bits per heavy atom. The Hall–Kier alpha value is -2.20. The Bertz CT molecular complexity index is 926. The van der Waals surface area contributed by atoms with E-state index < -0.39 is 17.8 Å². The molecule has 4 N–H and O–H groups in total. The molecule has 5 atom stereocenters. The summed E-state index contributed by atoms with van der Waals surface area (Å²) in [5.74, 6) is 0.278. The van der Waals surface area contributed by atoms with Gasteiger partial charge in [-0.15, -0.1) is 0 Å². The average Bonchev–Trinajstić information content (AvgIpc) is 3.50. The molecule has 2 aliphatic rings. The number of aliphatic hydroxyl groups is 2. The Labute approximate surface area is 185 Å². The first-order valence-corrected chi connectivity index (χ1v) is 10.4. The largest absolute Gasteiger partial charge is 0.497 e. The van der Waals surface area contributed by atoms with E-state index in [-0.39, 0.29) is 37.9 Å². The first-order chi connectivity index (χ1) is 14.9. The number of amides is 1. The van der Waals surface area contributed by atoms with Gasteiger partial charge in [-0.1, -0.05) is 29.8 Å². The lowest BCUT2D eigenvalue weighted by Gasteiger charge is -2.26.